The average Bonchev–Trinajstić information content (AvgIpc) is 3.13. The molecule has 19 heavy (non-hydrogen) atoms. The van der Waals surface area contributed by atoms with Gasteiger partial charge in [-0.2, -0.15) is 0 Å². The topological polar surface area (TPSA) is 50.4 Å². The number of para-hydroxylation sites is 2. The van der Waals surface area contributed by atoms with Gasteiger partial charge in [0.05, 0.1) is 11.1 Å². The summed E-state index contributed by atoms with van der Waals surface area (Å²) in [6.07, 6.45) is -3.01. The third-order valence-electron chi connectivity index (χ3n) is 3.56. The Morgan fingerprint density at radius 2 is 1.95 bits per heavy atom. The lowest BCUT2D eigenvalue weighted by Crippen LogP contribution is -2.33. The molecular formula is C12H11F3N2O2. The average molecular weight is 272 g/mol. The molecule has 102 valence electrons. The van der Waals surface area contributed by atoms with Gasteiger partial charge in [0, 0.05) is 0 Å². The van der Waals surface area contributed by atoms with E-state index in [0.717, 1.165) is 12.8 Å². The molecule has 4 nitrogen and oxygen atoms in total. The molecule has 7 heteroatoms. The van der Waals surface area contributed by atoms with E-state index in [2.05, 4.69) is 15.6 Å². The van der Waals surface area contributed by atoms with Crippen LogP contribution < -0.4 is 15.6 Å². The first-order valence-electron chi connectivity index (χ1n) is 5.82. The van der Waals surface area contributed by atoms with Crippen LogP contribution >= 0.6 is 0 Å². The molecule has 0 atom stereocenters. The molecule has 1 aromatic rings. The minimum Gasteiger partial charge on any atom is -0.404 e. The number of fused-ring (bicyclic) bond motifs is 1. The van der Waals surface area contributed by atoms with Crippen LogP contribution in [0.5, 0.6) is 5.75 Å². The molecule has 1 aromatic carbocycles. The second-order valence-corrected chi connectivity index (χ2v) is 4.88. The maximum atomic E-state index is 12.2. The van der Waals surface area contributed by atoms with Crippen molar-refractivity contribution in [2.75, 3.05) is 5.43 Å². The number of carbonyl (C=O) groups excluding carboxylic acids is 1. The van der Waals surface area contributed by atoms with Crippen LogP contribution in [0.4, 0.5) is 18.9 Å². The van der Waals surface area contributed by atoms with Crippen molar-refractivity contribution in [1.29, 1.82) is 0 Å². The maximum absolute atomic E-state index is 12.2. The molecular weight excluding hydrogens is 261 g/mol. The number of anilines is 1. The molecule has 0 saturated heterocycles. The Morgan fingerprint density at radius 1 is 1.32 bits per heavy atom. The predicted molar refractivity (Wildman–Crippen MR) is 60.0 cm³/mol. The molecule has 2 fully saturated rings. The van der Waals surface area contributed by atoms with Crippen LogP contribution in [0.1, 0.15) is 12.8 Å². The molecule has 0 aliphatic heterocycles. The predicted octanol–water partition coefficient (Wildman–Crippen LogP) is 2.44. The summed E-state index contributed by atoms with van der Waals surface area (Å²) >= 11 is 0. The quantitative estimate of drug-likeness (QED) is 0.828. The summed E-state index contributed by atoms with van der Waals surface area (Å²) in [5, 5.41) is 0. The van der Waals surface area contributed by atoms with E-state index in [0.29, 0.717) is 5.92 Å². The van der Waals surface area contributed by atoms with Gasteiger partial charge in [0.1, 0.15) is 0 Å². The van der Waals surface area contributed by atoms with E-state index >= 15 is 0 Å². The third-order valence-corrected chi connectivity index (χ3v) is 3.56. The number of amides is 1. The van der Waals surface area contributed by atoms with E-state index in [1.807, 2.05) is 0 Å². The van der Waals surface area contributed by atoms with Gasteiger partial charge in [0.25, 0.3) is 0 Å². The molecule has 2 saturated carbocycles. The van der Waals surface area contributed by atoms with Crippen LogP contribution in [0.2, 0.25) is 0 Å². The molecule has 1 amide bonds. The highest BCUT2D eigenvalue weighted by Crippen LogP contribution is 2.75. The molecule has 2 N–H and O–H groups in total. The van der Waals surface area contributed by atoms with Gasteiger partial charge in [-0.15, -0.1) is 13.2 Å². The van der Waals surface area contributed by atoms with Crippen LogP contribution in [-0.2, 0) is 4.79 Å². The van der Waals surface area contributed by atoms with E-state index in [-0.39, 0.29) is 22.8 Å². The van der Waals surface area contributed by atoms with Crippen LogP contribution in [0, 0.1) is 11.3 Å². The highest BCUT2D eigenvalue weighted by Gasteiger charge is 2.74. The maximum Gasteiger partial charge on any atom is 0.573 e. The van der Waals surface area contributed by atoms with E-state index in [4.69, 9.17) is 0 Å². The summed E-state index contributed by atoms with van der Waals surface area (Å²) in [5.74, 6) is -0.0776. The Morgan fingerprint density at radius 3 is 2.53 bits per heavy atom. The Kier molecular flexibility index (Phi) is 2.42. The molecule has 0 bridgehead atoms. The lowest BCUT2D eigenvalue weighted by atomic mass is 10.2. The van der Waals surface area contributed by atoms with E-state index in [9.17, 15) is 18.0 Å². The van der Waals surface area contributed by atoms with E-state index in [1.165, 1.54) is 18.2 Å². The SMILES string of the molecule is O=C(NNc1ccccc1OC(F)(F)F)C12CC1C2. The number of carbonyl (C=O) groups is 1. The first-order chi connectivity index (χ1) is 8.91. The Labute approximate surface area is 106 Å². The van der Waals surface area contributed by atoms with Gasteiger partial charge in [-0.25, -0.2) is 0 Å². The van der Waals surface area contributed by atoms with Gasteiger partial charge in [0.2, 0.25) is 5.91 Å². The van der Waals surface area contributed by atoms with E-state index < -0.39 is 6.36 Å². The second kappa shape index (κ2) is 3.79. The molecule has 0 heterocycles. The molecule has 3 rings (SSSR count). The largest absolute Gasteiger partial charge is 0.573 e. The van der Waals surface area contributed by atoms with Crippen LogP contribution in [-0.4, -0.2) is 12.3 Å². The standard InChI is InChI=1S/C12H11F3N2O2/c13-12(14,15)19-9-4-2-1-3-8(9)16-17-10(18)11-5-7(11)6-11/h1-4,7,16H,5-6H2,(H,17,18). The third kappa shape index (κ3) is 2.32. The number of alkyl halides is 3. The van der Waals surface area contributed by atoms with Crippen molar-refractivity contribution in [1.82, 2.24) is 5.43 Å². The zero-order valence-electron chi connectivity index (χ0n) is 9.75. The lowest BCUT2D eigenvalue weighted by molar-refractivity contribution is -0.274. The van der Waals surface area contributed by atoms with Crippen molar-refractivity contribution in [2.45, 2.75) is 19.2 Å². The zero-order valence-corrected chi connectivity index (χ0v) is 9.75. The number of nitrogens with one attached hydrogen (secondary N) is 2. The molecule has 0 spiro atoms. The molecule has 0 aromatic heterocycles. The van der Waals surface area contributed by atoms with E-state index in [1.54, 1.807) is 6.07 Å². The van der Waals surface area contributed by atoms with Crippen LogP contribution in [0.25, 0.3) is 0 Å². The van der Waals surface area contributed by atoms with Crippen molar-refractivity contribution >= 4 is 11.6 Å². The zero-order chi connectivity index (χ0) is 13.7. The number of rotatable bonds is 4. The summed E-state index contributed by atoms with van der Waals surface area (Å²) in [4.78, 5) is 11.7. The van der Waals surface area contributed by atoms with Crippen molar-refractivity contribution in [3.63, 3.8) is 0 Å². The number of halogens is 3. The van der Waals surface area contributed by atoms with Crippen molar-refractivity contribution < 1.29 is 22.7 Å². The van der Waals surface area contributed by atoms with Crippen molar-refractivity contribution in [3.05, 3.63) is 24.3 Å². The first kappa shape index (κ1) is 12.1. The first-order valence-corrected chi connectivity index (χ1v) is 5.82. The van der Waals surface area contributed by atoms with Gasteiger partial charge >= 0.3 is 6.36 Å². The monoisotopic (exact) mass is 272 g/mol. The van der Waals surface area contributed by atoms with Gasteiger partial charge in [-0.3, -0.25) is 15.6 Å². The minimum atomic E-state index is -4.77. The molecule has 0 unspecified atom stereocenters. The smallest absolute Gasteiger partial charge is 0.404 e. The summed E-state index contributed by atoms with van der Waals surface area (Å²) in [5.41, 5.74) is 4.75. The fourth-order valence-electron chi connectivity index (χ4n) is 2.10. The fraction of sp³-hybridized carbons (Fsp3) is 0.417. The molecule has 2 aliphatic carbocycles. The fourth-order valence-corrected chi connectivity index (χ4v) is 2.10. The molecule has 2 aliphatic rings. The van der Waals surface area contributed by atoms with Crippen molar-refractivity contribution in [3.8, 4) is 5.75 Å². The Balaban J connectivity index is 1.64. The highest BCUT2D eigenvalue weighted by molar-refractivity contribution is 5.90. The summed E-state index contributed by atoms with van der Waals surface area (Å²) in [7, 11) is 0. The van der Waals surface area contributed by atoms with Crippen molar-refractivity contribution in [2.24, 2.45) is 11.3 Å². The number of ether oxygens (including phenoxy) is 1. The highest BCUT2D eigenvalue weighted by atomic mass is 19.4. The van der Waals surface area contributed by atoms with Gasteiger partial charge < -0.3 is 4.74 Å². The van der Waals surface area contributed by atoms with Gasteiger partial charge in [0.15, 0.2) is 5.75 Å². The number of hydrogen-bond donors (Lipinski definition) is 2. The van der Waals surface area contributed by atoms with Gasteiger partial charge in [-0.1, -0.05) is 12.1 Å². The normalized spacial score (nSPS) is 27.2. The Hall–Kier alpha value is -1.92. The summed E-state index contributed by atoms with van der Waals surface area (Å²) in [6, 6.07) is 5.55. The molecule has 0 radical (unpaired) electrons. The number of hydrazine groups is 1. The summed E-state index contributed by atoms with van der Waals surface area (Å²) in [6.45, 7) is 0. The lowest BCUT2D eigenvalue weighted by Gasteiger charge is -2.15. The van der Waals surface area contributed by atoms with Crippen LogP contribution in [0.3, 0.4) is 0 Å². The summed E-state index contributed by atoms with van der Waals surface area (Å²) < 4.78 is 40.4. The Bertz CT molecular complexity index is 524. The minimum absolute atomic E-state index is 0.0717. The van der Waals surface area contributed by atoms with Crippen LogP contribution in [0.15, 0.2) is 24.3 Å². The second-order valence-electron chi connectivity index (χ2n) is 4.88. The number of benzene rings is 1. The number of hydrogen-bond acceptors (Lipinski definition) is 3. The van der Waals surface area contributed by atoms with Gasteiger partial charge in [-0.05, 0) is 30.9 Å².